The van der Waals surface area contributed by atoms with Crippen molar-refractivity contribution in [2.45, 2.75) is 37.7 Å². The van der Waals surface area contributed by atoms with Crippen molar-refractivity contribution in [3.8, 4) is 0 Å². The second-order valence-corrected chi connectivity index (χ2v) is 4.90. The van der Waals surface area contributed by atoms with Gasteiger partial charge in [-0.3, -0.25) is 4.79 Å². The lowest BCUT2D eigenvalue weighted by molar-refractivity contribution is -0.116. The number of benzene rings is 1. The molecule has 0 unspecified atom stereocenters. The third kappa shape index (κ3) is 1.71. The van der Waals surface area contributed by atoms with Gasteiger partial charge in [-0.15, -0.1) is 0 Å². The number of anilines is 1. The summed E-state index contributed by atoms with van der Waals surface area (Å²) in [5.74, 6) is 0.0859. The molecule has 0 radical (unpaired) electrons. The summed E-state index contributed by atoms with van der Waals surface area (Å²) in [6.07, 6.45) is 3.81. The summed E-state index contributed by atoms with van der Waals surface area (Å²) in [6, 6.07) is 6.06. The maximum atomic E-state index is 11.4. The van der Waals surface area contributed by atoms with Crippen molar-refractivity contribution < 1.29 is 9.90 Å². The van der Waals surface area contributed by atoms with Gasteiger partial charge in [0.15, 0.2) is 0 Å². The number of nitrogens with one attached hydrogen (secondary N) is 1. The molecule has 0 atom stereocenters. The Morgan fingerprint density at radius 2 is 2.12 bits per heavy atom. The van der Waals surface area contributed by atoms with Crippen LogP contribution in [-0.2, 0) is 17.6 Å². The highest BCUT2D eigenvalue weighted by Crippen LogP contribution is 2.40. The number of hydrogen-bond donors (Lipinski definition) is 2. The zero-order valence-electron chi connectivity index (χ0n) is 9.12. The van der Waals surface area contributed by atoms with Gasteiger partial charge in [-0.25, -0.2) is 0 Å². The average Bonchev–Trinajstić information content (AvgIpc) is 2.97. The van der Waals surface area contributed by atoms with Crippen LogP contribution in [0, 0.1) is 0 Å². The Hall–Kier alpha value is -1.35. The van der Waals surface area contributed by atoms with Gasteiger partial charge in [0.2, 0.25) is 5.91 Å². The minimum absolute atomic E-state index is 0.0859. The Kier molecular flexibility index (Phi) is 2.04. The molecule has 0 bridgehead atoms. The summed E-state index contributed by atoms with van der Waals surface area (Å²) >= 11 is 0. The number of para-hydroxylation sites is 1. The van der Waals surface area contributed by atoms with E-state index >= 15 is 0 Å². The normalized spacial score (nSPS) is 21.2. The Bertz CT molecular complexity index is 449. The van der Waals surface area contributed by atoms with Crippen LogP contribution in [0.15, 0.2) is 18.2 Å². The van der Waals surface area contributed by atoms with E-state index in [-0.39, 0.29) is 5.91 Å². The third-order valence-electron chi connectivity index (χ3n) is 3.47. The van der Waals surface area contributed by atoms with Crippen molar-refractivity contribution in [1.29, 1.82) is 0 Å². The van der Waals surface area contributed by atoms with Crippen LogP contribution in [-0.4, -0.2) is 16.6 Å². The standard InChI is InChI=1S/C13H15NO2/c15-11-5-4-9-2-1-3-10(12(9)14-11)8-13(16)6-7-13/h1-3,16H,4-8H2,(H,14,15). The van der Waals surface area contributed by atoms with Crippen molar-refractivity contribution in [1.82, 2.24) is 0 Å². The van der Waals surface area contributed by atoms with E-state index in [4.69, 9.17) is 0 Å². The molecule has 0 aromatic heterocycles. The van der Waals surface area contributed by atoms with Gasteiger partial charge in [0.05, 0.1) is 5.60 Å². The molecule has 3 heteroatoms. The van der Waals surface area contributed by atoms with Crippen molar-refractivity contribution in [2.24, 2.45) is 0 Å². The van der Waals surface area contributed by atoms with Crippen molar-refractivity contribution in [3.05, 3.63) is 29.3 Å². The molecule has 1 fully saturated rings. The number of carbonyl (C=O) groups excluding carboxylic acids is 1. The fraction of sp³-hybridized carbons (Fsp3) is 0.462. The van der Waals surface area contributed by atoms with Crippen LogP contribution in [0.3, 0.4) is 0 Å². The molecule has 2 aliphatic rings. The van der Waals surface area contributed by atoms with E-state index in [0.717, 1.165) is 30.5 Å². The fourth-order valence-electron chi connectivity index (χ4n) is 2.30. The first kappa shape index (κ1) is 9.85. The van der Waals surface area contributed by atoms with Crippen LogP contribution in [0.25, 0.3) is 0 Å². The first-order chi connectivity index (χ1) is 7.66. The van der Waals surface area contributed by atoms with Gasteiger partial charge < -0.3 is 10.4 Å². The van der Waals surface area contributed by atoms with Crippen LogP contribution >= 0.6 is 0 Å². The zero-order valence-corrected chi connectivity index (χ0v) is 9.12. The molecule has 1 saturated carbocycles. The maximum absolute atomic E-state index is 11.4. The average molecular weight is 217 g/mol. The molecule has 1 heterocycles. The van der Waals surface area contributed by atoms with Gasteiger partial charge in [-0.1, -0.05) is 18.2 Å². The second-order valence-electron chi connectivity index (χ2n) is 4.90. The molecule has 84 valence electrons. The topological polar surface area (TPSA) is 49.3 Å². The van der Waals surface area contributed by atoms with Crippen LogP contribution in [0.1, 0.15) is 30.4 Å². The predicted octanol–water partition coefficient (Wildman–Crippen LogP) is 1.64. The molecule has 1 amide bonds. The third-order valence-corrected chi connectivity index (χ3v) is 3.47. The van der Waals surface area contributed by atoms with Gasteiger partial charge >= 0.3 is 0 Å². The summed E-state index contributed by atoms with van der Waals surface area (Å²) in [5.41, 5.74) is 2.71. The number of rotatable bonds is 2. The molecule has 1 aliphatic heterocycles. The van der Waals surface area contributed by atoms with Crippen molar-refractivity contribution in [3.63, 3.8) is 0 Å². The van der Waals surface area contributed by atoms with Crippen LogP contribution < -0.4 is 5.32 Å². The van der Waals surface area contributed by atoms with E-state index in [2.05, 4.69) is 11.4 Å². The van der Waals surface area contributed by atoms with Gasteiger partial charge in [0.25, 0.3) is 0 Å². The quantitative estimate of drug-likeness (QED) is 0.791. The summed E-state index contributed by atoms with van der Waals surface area (Å²) in [7, 11) is 0. The molecule has 3 nitrogen and oxygen atoms in total. The van der Waals surface area contributed by atoms with Gasteiger partial charge in [0, 0.05) is 18.5 Å². The molecular weight excluding hydrogens is 202 g/mol. The summed E-state index contributed by atoms with van der Waals surface area (Å²) in [6.45, 7) is 0. The van der Waals surface area contributed by atoms with Crippen molar-refractivity contribution >= 4 is 11.6 Å². The van der Waals surface area contributed by atoms with Crippen LogP contribution in [0.4, 0.5) is 5.69 Å². The minimum Gasteiger partial charge on any atom is -0.390 e. The Labute approximate surface area is 94.5 Å². The fourth-order valence-corrected chi connectivity index (χ4v) is 2.30. The van der Waals surface area contributed by atoms with E-state index < -0.39 is 5.60 Å². The molecule has 1 aromatic carbocycles. The molecule has 16 heavy (non-hydrogen) atoms. The second kappa shape index (κ2) is 3.32. The van der Waals surface area contributed by atoms with Crippen LogP contribution in [0.5, 0.6) is 0 Å². The summed E-state index contributed by atoms with van der Waals surface area (Å²) in [4.78, 5) is 11.4. The molecule has 2 N–H and O–H groups in total. The zero-order chi connectivity index (χ0) is 11.2. The maximum Gasteiger partial charge on any atom is 0.224 e. The molecule has 1 aliphatic carbocycles. The highest BCUT2D eigenvalue weighted by Gasteiger charge is 2.40. The smallest absolute Gasteiger partial charge is 0.224 e. The Balaban J connectivity index is 1.95. The highest BCUT2D eigenvalue weighted by atomic mass is 16.3. The highest BCUT2D eigenvalue weighted by molar-refractivity contribution is 5.94. The van der Waals surface area contributed by atoms with Gasteiger partial charge in [0.1, 0.15) is 0 Å². The minimum atomic E-state index is -0.503. The monoisotopic (exact) mass is 217 g/mol. The van der Waals surface area contributed by atoms with E-state index in [1.807, 2.05) is 12.1 Å². The number of aryl methyl sites for hydroxylation is 1. The number of carbonyl (C=O) groups is 1. The number of hydrogen-bond acceptors (Lipinski definition) is 2. The summed E-state index contributed by atoms with van der Waals surface area (Å²) < 4.78 is 0. The predicted molar refractivity (Wildman–Crippen MR) is 61.3 cm³/mol. The largest absolute Gasteiger partial charge is 0.390 e. The van der Waals surface area contributed by atoms with E-state index in [0.29, 0.717) is 12.8 Å². The van der Waals surface area contributed by atoms with Crippen molar-refractivity contribution in [2.75, 3.05) is 5.32 Å². The molecule has 0 saturated heterocycles. The Morgan fingerprint density at radius 1 is 1.31 bits per heavy atom. The molecule has 0 spiro atoms. The van der Waals surface area contributed by atoms with E-state index in [1.54, 1.807) is 0 Å². The molecule has 3 rings (SSSR count). The lowest BCUT2D eigenvalue weighted by Gasteiger charge is -2.21. The first-order valence-corrected chi connectivity index (χ1v) is 5.79. The van der Waals surface area contributed by atoms with Gasteiger partial charge in [-0.2, -0.15) is 0 Å². The van der Waals surface area contributed by atoms with E-state index in [9.17, 15) is 9.90 Å². The molecule has 1 aromatic rings. The lowest BCUT2D eigenvalue weighted by atomic mass is 9.95. The summed E-state index contributed by atoms with van der Waals surface area (Å²) in [5, 5.41) is 12.9. The number of aliphatic hydroxyl groups is 1. The SMILES string of the molecule is O=C1CCc2cccc(CC3(O)CC3)c2N1. The first-order valence-electron chi connectivity index (χ1n) is 5.79. The lowest BCUT2D eigenvalue weighted by Crippen LogP contribution is -2.22. The number of amides is 1. The number of fused-ring (bicyclic) bond motifs is 1. The molecular formula is C13H15NO2. The van der Waals surface area contributed by atoms with Gasteiger partial charge in [-0.05, 0) is 30.4 Å². The Morgan fingerprint density at radius 3 is 2.88 bits per heavy atom. The van der Waals surface area contributed by atoms with E-state index in [1.165, 1.54) is 5.56 Å². The van der Waals surface area contributed by atoms with Crippen LogP contribution in [0.2, 0.25) is 0 Å².